The molecule has 1 unspecified atom stereocenters. The standard InChI is InChI=1S/C16H16F3NO3/c1-9-6-14(23-10(9)2)15(22)20-8-13(21)11-4-3-5-12(7-11)16(17,18)19/h3-7,13,21H,8H2,1-2H3,(H,20,22). The summed E-state index contributed by atoms with van der Waals surface area (Å²) in [6.45, 7) is 3.27. The molecular formula is C16H16F3NO3. The molecule has 4 nitrogen and oxygen atoms in total. The topological polar surface area (TPSA) is 62.5 Å². The van der Waals surface area contributed by atoms with E-state index >= 15 is 0 Å². The molecule has 0 saturated carbocycles. The van der Waals surface area contributed by atoms with Crippen LogP contribution in [-0.4, -0.2) is 17.6 Å². The zero-order valence-corrected chi connectivity index (χ0v) is 12.6. The molecule has 0 fully saturated rings. The number of hydrogen-bond donors (Lipinski definition) is 2. The molecule has 1 atom stereocenters. The molecule has 0 bridgehead atoms. The molecule has 1 aromatic heterocycles. The number of rotatable bonds is 4. The van der Waals surface area contributed by atoms with Gasteiger partial charge in [0.1, 0.15) is 5.76 Å². The van der Waals surface area contributed by atoms with Crippen molar-refractivity contribution >= 4 is 5.91 Å². The number of alkyl halides is 3. The first-order valence-corrected chi connectivity index (χ1v) is 6.89. The van der Waals surface area contributed by atoms with E-state index in [-0.39, 0.29) is 17.9 Å². The van der Waals surface area contributed by atoms with Crippen molar-refractivity contribution in [1.29, 1.82) is 0 Å². The zero-order valence-electron chi connectivity index (χ0n) is 12.6. The van der Waals surface area contributed by atoms with Crippen molar-refractivity contribution in [3.05, 3.63) is 58.5 Å². The lowest BCUT2D eigenvalue weighted by Crippen LogP contribution is -2.28. The second kappa shape index (κ2) is 6.45. The minimum absolute atomic E-state index is 0.0759. The number of aryl methyl sites for hydroxylation is 2. The van der Waals surface area contributed by atoms with E-state index in [1.165, 1.54) is 12.1 Å². The third-order valence-corrected chi connectivity index (χ3v) is 3.44. The van der Waals surface area contributed by atoms with Gasteiger partial charge in [-0.05, 0) is 43.2 Å². The van der Waals surface area contributed by atoms with Crippen LogP contribution in [0.4, 0.5) is 13.2 Å². The lowest BCUT2D eigenvalue weighted by molar-refractivity contribution is -0.137. The second-order valence-electron chi connectivity index (χ2n) is 5.20. The highest BCUT2D eigenvalue weighted by Gasteiger charge is 2.30. The Labute approximate surface area is 130 Å². The number of carbonyl (C=O) groups excluding carboxylic acids is 1. The van der Waals surface area contributed by atoms with E-state index in [2.05, 4.69) is 5.32 Å². The van der Waals surface area contributed by atoms with Crippen molar-refractivity contribution in [2.24, 2.45) is 0 Å². The summed E-state index contributed by atoms with van der Waals surface area (Å²) in [5.74, 6) is 0.164. The number of benzene rings is 1. The van der Waals surface area contributed by atoms with E-state index in [0.717, 1.165) is 17.7 Å². The van der Waals surface area contributed by atoms with Crippen LogP contribution in [0.2, 0.25) is 0 Å². The maximum Gasteiger partial charge on any atom is 0.416 e. The molecule has 124 valence electrons. The van der Waals surface area contributed by atoms with Crippen LogP contribution >= 0.6 is 0 Å². The first-order chi connectivity index (χ1) is 10.7. The van der Waals surface area contributed by atoms with Gasteiger partial charge in [-0.2, -0.15) is 13.2 Å². The predicted octanol–water partition coefficient (Wildman–Crippen LogP) is 3.38. The van der Waals surface area contributed by atoms with E-state index < -0.39 is 23.8 Å². The summed E-state index contributed by atoms with van der Waals surface area (Å²) in [6, 6.07) is 5.91. The SMILES string of the molecule is Cc1cc(C(=O)NCC(O)c2cccc(C(F)(F)F)c2)oc1C. The quantitative estimate of drug-likeness (QED) is 0.905. The maximum absolute atomic E-state index is 12.6. The number of carbonyl (C=O) groups is 1. The summed E-state index contributed by atoms with van der Waals surface area (Å²) in [7, 11) is 0. The predicted molar refractivity (Wildman–Crippen MR) is 76.9 cm³/mol. The number of hydrogen-bond acceptors (Lipinski definition) is 3. The van der Waals surface area contributed by atoms with Gasteiger partial charge in [-0.15, -0.1) is 0 Å². The van der Waals surface area contributed by atoms with Crippen LogP contribution in [0, 0.1) is 13.8 Å². The van der Waals surface area contributed by atoms with Crippen LogP contribution in [0.3, 0.4) is 0 Å². The Kier molecular flexibility index (Phi) is 4.79. The molecule has 2 aromatic rings. The zero-order chi connectivity index (χ0) is 17.2. The molecule has 7 heteroatoms. The van der Waals surface area contributed by atoms with Crippen LogP contribution in [-0.2, 0) is 6.18 Å². The van der Waals surface area contributed by atoms with Gasteiger partial charge >= 0.3 is 6.18 Å². The Bertz CT molecular complexity index is 687. The van der Waals surface area contributed by atoms with Crippen molar-refractivity contribution in [2.75, 3.05) is 6.54 Å². The Hall–Kier alpha value is -2.28. The summed E-state index contributed by atoms with van der Waals surface area (Å²) in [4.78, 5) is 11.9. The number of aliphatic hydroxyl groups is 1. The monoisotopic (exact) mass is 327 g/mol. The van der Waals surface area contributed by atoms with E-state index in [4.69, 9.17) is 4.42 Å². The number of furan rings is 1. The third-order valence-electron chi connectivity index (χ3n) is 3.44. The van der Waals surface area contributed by atoms with Crippen LogP contribution in [0.25, 0.3) is 0 Å². The van der Waals surface area contributed by atoms with Gasteiger partial charge in [0.2, 0.25) is 0 Å². The molecule has 0 spiro atoms. The minimum Gasteiger partial charge on any atom is -0.456 e. The van der Waals surface area contributed by atoms with E-state index in [9.17, 15) is 23.1 Å². The molecule has 2 N–H and O–H groups in total. The van der Waals surface area contributed by atoms with Crippen molar-refractivity contribution < 1.29 is 27.5 Å². The summed E-state index contributed by atoms with van der Waals surface area (Å²) < 4.78 is 43.2. The second-order valence-corrected chi connectivity index (χ2v) is 5.20. The molecule has 2 rings (SSSR count). The number of halogens is 3. The van der Waals surface area contributed by atoms with Crippen molar-refractivity contribution in [1.82, 2.24) is 5.32 Å². The minimum atomic E-state index is -4.48. The van der Waals surface area contributed by atoms with E-state index in [1.54, 1.807) is 19.9 Å². The van der Waals surface area contributed by atoms with E-state index in [1.807, 2.05) is 0 Å². The molecule has 0 aliphatic carbocycles. The average Bonchev–Trinajstić information content (AvgIpc) is 2.83. The molecule has 1 aromatic carbocycles. The van der Waals surface area contributed by atoms with Gasteiger partial charge in [0.05, 0.1) is 11.7 Å². The number of nitrogens with one attached hydrogen (secondary N) is 1. The Balaban J connectivity index is 2.02. The van der Waals surface area contributed by atoms with Gasteiger partial charge in [0, 0.05) is 6.54 Å². The summed E-state index contributed by atoms with van der Waals surface area (Å²) in [5, 5.41) is 12.4. The van der Waals surface area contributed by atoms with Gasteiger partial charge in [0.15, 0.2) is 5.76 Å². The Morgan fingerprint density at radius 2 is 2.00 bits per heavy atom. The normalized spacial score (nSPS) is 13.0. The Morgan fingerprint density at radius 1 is 1.30 bits per heavy atom. The number of amides is 1. The smallest absolute Gasteiger partial charge is 0.416 e. The fourth-order valence-electron chi connectivity index (χ4n) is 2.00. The highest BCUT2D eigenvalue weighted by molar-refractivity contribution is 5.91. The largest absolute Gasteiger partial charge is 0.456 e. The van der Waals surface area contributed by atoms with Crippen LogP contribution in [0.5, 0.6) is 0 Å². The molecular weight excluding hydrogens is 311 g/mol. The molecule has 23 heavy (non-hydrogen) atoms. The summed E-state index contributed by atoms with van der Waals surface area (Å²) >= 11 is 0. The highest BCUT2D eigenvalue weighted by Crippen LogP contribution is 2.30. The van der Waals surface area contributed by atoms with Crippen molar-refractivity contribution in [3.8, 4) is 0 Å². The fraction of sp³-hybridized carbons (Fsp3) is 0.312. The van der Waals surface area contributed by atoms with Gasteiger partial charge < -0.3 is 14.8 Å². The Morgan fingerprint density at radius 3 is 2.57 bits per heavy atom. The molecule has 0 aliphatic rings. The van der Waals surface area contributed by atoms with E-state index in [0.29, 0.717) is 5.76 Å². The maximum atomic E-state index is 12.6. The molecule has 1 heterocycles. The third kappa shape index (κ3) is 4.13. The van der Waals surface area contributed by atoms with Gasteiger partial charge in [-0.1, -0.05) is 12.1 Å². The summed E-state index contributed by atoms with van der Waals surface area (Å²) in [5.41, 5.74) is 0.0400. The van der Waals surface area contributed by atoms with Crippen LogP contribution < -0.4 is 5.32 Å². The lowest BCUT2D eigenvalue weighted by atomic mass is 10.1. The summed E-state index contributed by atoms with van der Waals surface area (Å²) in [6.07, 6.45) is -5.74. The molecule has 1 amide bonds. The van der Waals surface area contributed by atoms with Crippen molar-refractivity contribution in [3.63, 3.8) is 0 Å². The highest BCUT2D eigenvalue weighted by atomic mass is 19.4. The molecule has 0 radical (unpaired) electrons. The van der Waals surface area contributed by atoms with Crippen LogP contribution in [0.1, 0.15) is 39.1 Å². The van der Waals surface area contributed by atoms with Gasteiger partial charge in [-0.25, -0.2) is 0 Å². The van der Waals surface area contributed by atoms with Gasteiger partial charge in [0.25, 0.3) is 5.91 Å². The number of aliphatic hydroxyl groups excluding tert-OH is 1. The first kappa shape index (κ1) is 17.1. The van der Waals surface area contributed by atoms with Gasteiger partial charge in [-0.3, -0.25) is 4.79 Å². The average molecular weight is 327 g/mol. The molecule has 0 aliphatic heterocycles. The molecule has 0 saturated heterocycles. The first-order valence-electron chi connectivity index (χ1n) is 6.89. The fourth-order valence-corrected chi connectivity index (χ4v) is 2.00. The lowest BCUT2D eigenvalue weighted by Gasteiger charge is -2.14. The van der Waals surface area contributed by atoms with Crippen LogP contribution in [0.15, 0.2) is 34.7 Å². The van der Waals surface area contributed by atoms with Crippen molar-refractivity contribution in [2.45, 2.75) is 26.1 Å².